The fourth-order valence-electron chi connectivity index (χ4n) is 4.47. The smallest absolute Gasteiger partial charge is 0.417 e. The largest absolute Gasteiger partial charge is 0.496 e. The van der Waals surface area contributed by atoms with Gasteiger partial charge < -0.3 is 24.8 Å². The number of nitrogens with zero attached hydrogens (tertiary/aromatic N) is 2. The summed E-state index contributed by atoms with van der Waals surface area (Å²) in [5, 5.41) is 8.94. The molecule has 3 aromatic carbocycles. The quantitative estimate of drug-likeness (QED) is 0.410. The first kappa shape index (κ1) is 30.3. The van der Waals surface area contributed by atoms with E-state index in [1.54, 1.807) is 25.2 Å². The van der Waals surface area contributed by atoms with Gasteiger partial charge in [0.05, 0.1) is 31.4 Å². The highest BCUT2D eigenvalue weighted by atomic mass is 19.4. The molecule has 1 aliphatic heterocycles. The average molecular weight is 556 g/mol. The van der Waals surface area contributed by atoms with E-state index in [0.717, 1.165) is 29.0 Å². The molecule has 0 bridgehead atoms. The Hall–Kier alpha value is -4.23. The molecule has 0 saturated carbocycles. The van der Waals surface area contributed by atoms with Gasteiger partial charge in [0.1, 0.15) is 17.2 Å². The Labute approximate surface area is 231 Å². The fraction of sp³-hybridized carbons (Fsp3) is 0.333. The molecule has 1 heterocycles. The van der Waals surface area contributed by atoms with Crippen LogP contribution in [0.25, 0.3) is 0 Å². The number of nitriles is 1. The maximum Gasteiger partial charge on any atom is 0.417 e. The number of methoxy groups -OCH3 is 2. The van der Waals surface area contributed by atoms with E-state index < -0.39 is 28.8 Å². The van der Waals surface area contributed by atoms with E-state index in [4.69, 9.17) is 25.2 Å². The van der Waals surface area contributed by atoms with Gasteiger partial charge in [-0.05, 0) is 30.3 Å². The van der Waals surface area contributed by atoms with Gasteiger partial charge in [-0.3, -0.25) is 4.79 Å². The number of halogens is 3. The highest BCUT2D eigenvalue weighted by molar-refractivity contribution is 5.84. The predicted octanol–water partition coefficient (Wildman–Crippen LogP) is 5.56. The monoisotopic (exact) mass is 555 g/mol. The van der Waals surface area contributed by atoms with E-state index in [0.29, 0.717) is 25.4 Å². The number of alkyl halides is 3. The fourth-order valence-corrected chi connectivity index (χ4v) is 4.47. The maximum absolute atomic E-state index is 13.2. The van der Waals surface area contributed by atoms with Crippen LogP contribution in [-0.4, -0.2) is 37.7 Å². The van der Waals surface area contributed by atoms with Crippen LogP contribution in [0, 0.1) is 16.7 Å². The molecule has 1 aliphatic rings. The lowest BCUT2D eigenvalue weighted by Crippen LogP contribution is -2.36. The summed E-state index contributed by atoms with van der Waals surface area (Å²) in [4.78, 5) is 14.6. The molecule has 0 spiro atoms. The molecule has 2 N–H and O–H groups in total. The second-order valence-electron chi connectivity index (χ2n) is 9.83. The van der Waals surface area contributed by atoms with E-state index in [2.05, 4.69) is 0 Å². The molecule has 0 aromatic heterocycles. The Balaban J connectivity index is 0.000000371. The van der Waals surface area contributed by atoms with Crippen molar-refractivity contribution < 1.29 is 32.2 Å². The van der Waals surface area contributed by atoms with Crippen LogP contribution < -0.4 is 19.9 Å². The van der Waals surface area contributed by atoms with Gasteiger partial charge >= 0.3 is 6.18 Å². The van der Waals surface area contributed by atoms with Gasteiger partial charge in [-0.2, -0.15) is 18.4 Å². The first-order chi connectivity index (χ1) is 18.9. The van der Waals surface area contributed by atoms with Crippen molar-refractivity contribution in [2.75, 3.05) is 20.8 Å². The van der Waals surface area contributed by atoms with Crippen LogP contribution in [0.1, 0.15) is 36.1 Å². The third kappa shape index (κ3) is 7.04. The van der Waals surface area contributed by atoms with Gasteiger partial charge in [0.15, 0.2) is 6.10 Å². The minimum absolute atomic E-state index is 0.105. The van der Waals surface area contributed by atoms with Crippen LogP contribution in [0.3, 0.4) is 0 Å². The number of nitrogens with two attached hydrogens (primary N) is 1. The Morgan fingerprint density at radius 3 is 2.10 bits per heavy atom. The molecule has 4 rings (SSSR count). The highest BCUT2D eigenvalue weighted by Gasteiger charge is 2.48. The highest BCUT2D eigenvalue weighted by Crippen LogP contribution is 2.38. The molecule has 7 nitrogen and oxygen atoms in total. The molecule has 0 radical (unpaired) electrons. The van der Waals surface area contributed by atoms with Crippen LogP contribution >= 0.6 is 0 Å². The second kappa shape index (κ2) is 12.7. The molecule has 1 fully saturated rings. The predicted molar refractivity (Wildman–Crippen MR) is 144 cm³/mol. The van der Waals surface area contributed by atoms with Crippen molar-refractivity contribution in [2.45, 2.75) is 39.2 Å². The molecule has 10 heteroatoms. The maximum atomic E-state index is 13.2. The second-order valence-corrected chi connectivity index (χ2v) is 9.83. The Morgan fingerprint density at radius 2 is 1.57 bits per heavy atom. The number of amides is 1. The van der Waals surface area contributed by atoms with Crippen LogP contribution in [-0.2, 0) is 24.1 Å². The Morgan fingerprint density at radius 1 is 1.00 bits per heavy atom. The molecule has 1 amide bonds. The van der Waals surface area contributed by atoms with Crippen LogP contribution in [0.4, 0.5) is 13.2 Å². The zero-order chi connectivity index (χ0) is 29.5. The summed E-state index contributed by atoms with van der Waals surface area (Å²) in [5.74, 6) is 1.09. The van der Waals surface area contributed by atoms with Gasteiger partial charge in [-0.15, -0.1) is 0 Å². The number of likely N-dealkylation sites (tertiary alicyclic amines) is 1. The molecule has 1 atom stereocenters. The van der Waals surface area contributed by atoms with Crippen molar-refractivity contribution >= 4 is 5.91 Å². The zero-order valence-electron chi connectivity index (χ0n) is 22.8. The molecule has 40 heavy (non-hydrogen) atoms. The van der Waals surface area contributed by atoms with E-state index in [1.807, 2.05) is 56.3 Å². The first-order valence-electron chi connectivity index (χ1n) is 12.5. The van der Waals surface area contributed by atoms with Crippen molar-refractivity contribution in [3.8, 4) is 23.3 Å². The number of carbonyl (C=O) groups excluding carboxylic acids is 1. The SMILES string of the molecule is COc1ccccc1CN.COc1ccccc1CN1CC(C)(C)C(Oc2ccc(C#N)c(C(F)(F)F)c2)C1=O. The number of para-hydroxylation sites is 2. The zero-order valence-corrected chi connectivity index (χ0v) is 22.8. The lowest BCUT2D eigenvalue weighted by molar-refractivity contribution is -0.138. The topological polar surface area (TPSA) is 97.8 Å². The van der Waals surface area contributed by atoms with Gasteiger partial charge in [-0.25, -0.2) is 0 Å². The van der Waals surface area contributed by atoms with Gasteiger partial charge in [0.2, 0.25) is 0 Å². The Kier molecular flexibility index (Phi) is 9.66. The lowest BCUT2D eigenvalue weighted by atomic mass is 9.89. The number of hydrogen-bond donors (Lipinski definition) is 1. The minimum Gasteiger partial charge on any atom is -0.496 e. The molecular formula is C30H32F3N3O4. The standard InChI is InChI=1S/C22H21F3N2O3.C8H11NO/c1-21(2)13-27(12-15-6-4-5-7-18(15)29-3)20(28)19(21)30-16-9-8-14(11-26)17(10-16)22(23,24)25;1-10-8-5-3-2-4-7(8)6-9/h4-10,19H,12-13H2,1-3H3;2-5H,6,9H2,1H3. The summed E-state index contributed by atoms with van der Waals surface area (Å²) in [6, 6.07) is 19.7. The third-order valence-electron chi connectivity index (χ3n) is 6.48. The van der Waals surface area contributed by atoms with E-state index in [9.17, 15) is 18.0 Å². The van der Waals surface area contributed by atoms with Gasteiger partial charge in [0.25, 0.3) is 5.91 Å². The summed E-state index contributed by atoms with van der Waals surface area (Å²) in [7, 11) is 3.19. The van der Waals surface area contributed by atoms with E-state index in [1.165, 1.54) is 12.1 Å². The summed E-state index contributed by atoms with van der Waals surface area (Å²) in [5.41, 5.74) is 5.10. The summed E-state index contributed by atoms with van der Waals surface area (Å²) >= 11 is 0. The molecule has 1 saturated heterocycles. The number of hydrogen-bond acceptors (Lipinski definition) is 6. The van der Waals surface area contributed by atoms with E-state index in [-0.39, 0.29) is 11.7 Å². The van der Waals surface area contributed by atoms with Crippen molar-refractivity contribution in [2.24, 2.45) is 11.1 Å². The summed E-state index contributed by atoms with van der Waals surface area (Å²) in [6.45, 7) is 4.85. The number of ether oxygens (including phenoxy) is 3. The first-order valence-corrected chi connectivity index (χ1v) is 12.5. The van der Waals surface area contributed by atoms with Crippen molar-refractivity contribution in [1.82, 2.24) is 4.90 Å². The molecule has 0 aliphatic carbocycles. The van der Waals surface area contributed by atoms with Crippen molar-refractivity contribution in [3.63, 3.8) is 0 Å². The van der Waals surface area contributed by atoms with Crippen LogP contribution in [0.2, 0.25) is 0 Å². The van der Waals surface area contributed by atoms with Gasteiger partial charge in [0, 0.05) is 36.2 Å². The average Bonchev–Trinajstić information content (AvgIpc) is 3.15. The summed E-state index contributed by atoms with van der Waals surface area (Å²) < 4.78 is 55.8. The number of carbonyl (C=O) groups is 1. The minimum atomic E-state index is -4.70. The van der Waals surface area contributed by atoms with Crippen molar-refractivity contribution in [1.29, 1.82) is 5.26 Å². The number of benzene rings is 3. The van der Waals surface area contributed by atoms with Crippen LogP contribution in [0.5, 0.6) is 17.2 Å². The molecule has 3 aromatic rings. The summed E-state index contributed by atoms with van der Waals surface area (Å²) in [6.07, 6.45) is -5.66. The lowest BCUT2D eigenvalue weighted by Gasteiger charge is -2.24. The van der Waals surface area contributed by atoms with E-state index >= 15 is 0 Å². The molecular weight excluding hydrogens is 523 g/mol. The Bertz CT molecular complexity index is 1350. The third-order valence-corrected chi connectivity index (χ3v) is 6.48. The van der Waals surface area contributed by atoms with Crippen molar-refractivity contribution in [3.05, 3.63) is 89.0 Å². The van der Waals surface area contributed by atoms with Gasteiger partial charge in [-0.1, -0.05) is 50.2 Å². The number of rotatable bonds is 7. The normalized spacial score (nSPS) is 16.0. The van der Waals surface area contributed by atoms with Crippen LogP contribution in [0.15, 0.2) is 66.7 Å². The molecule has 212 valence electrons. The molecule has 1 unspecified atom stereocenters.